The summed E-state index contributed by atoms with van der Waals surface area (Å²) in [4.78, 5) is 11.8. The molecule has 7 heteroatoms. The second-order valence-corrected chi connectivity index (χ2v) is 4.10. The van der Waals surface area contributed by atoms with Gasteiger partial charge in [0, 0.05) is 13.2 Å². The average Bonchev–Trinajstić information content (AvgIpc) is 2.31. The number of aromatic nitrogens is 1. The molecule has 0 bridgehead atoms. The Hall–Kier alpha value is -2.02. The Morgan fingerprint density at radius 2 is 2.11 bits per heavy atom. The first-order valence-electron chi connectivity index (χ1n) is 5.55. The van der Waals surface area contributed by atoms with Crippen molar-refractivity contribution < 1.29 is 9.41 Å². The first kappa shape index (κ1) is 14.0. The van der Waals surface area contributed by atoms with Gasteiger partial charge in [-0.2, -0.15) is 0 Å². The first-order chi connectivity index (χ1) is 8.47. The molecule has 1 heterocycles. The van der Waals surface area contributed by atoms with Gasteiger partial charge in [0.15, 0.2) is 0 Å². The molecule has 1 aromatic heterocycles. The molecule has 0 aliphatic rings. The van der Waals surface area contributed by atoms with E-state index >= 15 is 0 Å². The van der Waals surface area contributed by atoms with Crippen molar-refractivity contribution in [1.82, 2.24) is 15.3 Å². The molecule has 1 rings (SSSR count). The fourth-order valence-corrected chi connectivity index (χ4v) is 1.42. The van der Waals surface area contributed by atoms with Gasteiger partial charge >= 0.3 is 6.02 Å². The van der Waals surface area contributed by atoms with Gasteiger partial charge in [-0.05, 0) is 12.1 Å². The Kier molecular flexibility index (Phi) is 4.73. The number of hydrogen-bond donors (Lipinski definition) is 2. The van der Waals surface area contributed by atoms with Crippen LogP contribution in [0.2, 0.25) is 0 Å². The third kappa shape index (κ3) is 3.24. The van der Waals surface area contributed by atoms with Gasteiger partial charge in [0.1, 0.15) is 0 Å². The van der Waals surface area contributed by atoms with E-state index in [-0.39, 0.29) is 0 Å². The Labute approximate surface area is 107 Å². The number of rotatable bonds is 3. The van der Waals surface area contributed by atoms with Gasteiger partial charge in [0.25, 0.3) is 0 Å². The Morgan fingerprint density at radius 3 is 2.56 bits per heavy atom. The maximum atomic E-state index is 5.86. The van der Waals surface area contributed by atoms with Gasteiger partial charge in [0.05, 0.1) is 33.9 Å². The molecule has 0 radical (unpaired) electrons. The molecule has 7 nitrogen and oxygen atoms in total. The molecular formula is C11H21N6O+. The number of hydrazine groups is 1. The Bertz CT molecular complexity index is 427. The van der Waals surface area contributed by atoms with E-state index in [2.05, 4.69) is 10.4 Å². The summed E-state index contributed by atoms with van der Waals surface area (Å²) >= 11 is 0. The summed E-state index contributed by atoms with van der Waals surface area (Å²) in [5.74, 6) is 0.515. The van der Waals surface area contributed by atoms with Gasteiger partial charge in [-0.25, -0.2) is 19.9 Å². The van der Waals surface area contributed by atoms with Crippen LogP contribution in [0.5, 0.6) is 0 Å². The van der Waals surface area contributed by atoms with Crippen molar-refractivity contribution in [2.24, 2.45) is 0 Å². The normalized spacial score (nSPS) is 9.83. The molecule has 0 saturated carbocycles. The molecule has 0 saturated heterocycles. The summed E-state index contributed by atoms with van der Waals surface area (Å²) in [6, 6.07) is 4.19. The summed E-state index contributed by atoms with van der Waals surface area (Å²) in [6.45, 7) is 0. The molecule has 0 fully saturated rings. The standard InChI is InChI=1S/C11H21N6O/c1-13-17(10-9(12)7-6-8-14-10)18-11(15(2)3)16(4)5/h6-8,13H,12H2,1-5H3/q+1. The number of hydrogen-bond acceptors (Lipinski definition) is 5. The Morgan fingerprint density at radius 1 is 1.44 bits per heavy atom. The van der Waals surface area contributed by atoms with Crippen LogP contribution in [0.4, 0.5) is 11.5 Å². The van der Waals surface area contributed by atoms with Crippen LogP contribution in [0.3, 0.4) is 0 Å². The third-order valence-corrected chi connectivity index (χ3v) is 2.15. The topological polar surface area (TPSA) is 69.7 Å². The highest BCUT2D eigenvalue weighted by Gasteiger charge is 2.21. The SMILES string of the molecule is CNN(OC(N(C)C)=[N+](C)C)c1ncccc1N. The number of nitrogens with zero attached hydrogens (tertiary/aromatic N) is 4. The summed E-state index contributed by atoms with van der Waals surface area (Å²) < 4.78 is 1.85. The average molecular weight is 253 g/mol. The van der Waals surface area contributed by atoms with E-state index in [0.29, 0.717) is 17.5 Å². The van der Waals surface area contributed by atoms with Crippen LogP contribution < -0.4 is 16.3 Å². The van der Waals surface area contributed by atoms with Crippen molar-refractivity contribution in [3.05, 3.63) is 18.3 Å². The van der Waals surface area contributed by atoms with Crippen molar-refractivity contribution in [2.75, 3.05) is 46.1 Å². The van der Waals surface area contributed by atoms with E-state index in [1.54, 1.807) is 25.4 Å². The van der Waals surface area contributed by atoms with E-state index in [1.165, 1.54) is 5.17 Å². The highest BCUT2D eigenvalue weighted by atomic mass is 16.7. The summed E-state index contributed by atoms with van der Waals surface area (Å²) in [7, 11) is 9.31. The van der Waals surface area contributed by atoms with Crippen LogP contribution in [0.15, 0.2) is 18.3 Å². The molecule has 0 aromatic carbocycles. The van der Waals surface area contributed by atoms with Crippen molar-refractivity contribution in [3.63, 3.8) is 0 Å². The van der Waals surface area contributed by atoms with E-state index in [4.69, 9.17) is 10.6 Å². The number of nitrogen functional groups attached to an aromatic ring is 1. The predicted molar refractivity (Wildman–Crippen MR) is 72.1 cm³/mol. The molecule has 0 unspecified atom stereocenters. The van der Waals surface area contributed by atoms with Gasteiger partial charge in [-0.3, -0.25) is 4.84 Å². The fraction of sp³-hybridized carbons (Fsp3) is 0.455. The van der Waals surface area contributed by atoms with E-state index in [0.717, 1.165) is 0 Å². The minimum atomic E-state index is 0.515. The lowest BCUT2D eigenvalue weighted by molar-refractivity contribution is -0.481. The second kappa shape index (κ2) is 6.06. The van der Waals surface area contributed by atoms with Crippen LogP contribution in [-0.4, -0.2) is 55.7 Å². The minimum Gasteiger partial charge on any atom is -0.396 e. The zero-order chi connectivity index (χ0) is 13.7. The summed E-state index contributed by atoms with van der Waals surface area (Å²) in [6.07, 6.45) is 1.66. The van der Waals surface area contributed by atoms with Crippen molar-refractivity contribution >= 4 is 17.5 Å². The molecule has 0 spiro atoms. The van der Waals surface area contributed by atoms with Gasteiger partial charge < -0.3 is 5.73 Å². The third-order valence-electron chi connectivity index (χ3n) is 2.15. The number of nitrogens with two attached hydrogens (primary N) is 1. The second-order valence-electron chi connectivity index (χ2n) is 4.10. The van der Waals surface area contributed by atoms with Crippen LogP contribution in [0.25, 0.3) is 0 Å². The monoisotopic (exact) mass is 253 g/mol. The van der Waals surface area contributed by atoms with Crippen LogP contribution >= 0.6 is 0 Å². The molecule has 0 aliphatic carbocycles. The predicted octanol–water partition coefficient (Wildman–Crippen LogP) is -0.274. The molecule has 3 N–H and O–H groups in total. The van der Waals surface area contributed by atoms with Crippen LogP contribution in [0.1, 0.15) is 0 Å². The van der Waals surface area contributed by atoms with Crippen molar-refractivity contribution in [2.45, 2.75) is 0 Å². The van der Waals surface area contributed by atoms with Crippen molar-refractivity contribution in [3.8, 4) is 0 Å². The van der Waals surface area contributed by atoms with Crippen LogP contribution in [0, 0.1) is 0 Å². The van der Waals surface area contributed by atoms with Crippen molar-refractivity contribution in [1.29, 1.82) is 0 Å². The first-order valence-corrected chi connectivity index (χ1v) is 5.55. The lowest BCUT2D eigenvalue weighted by atomic mass is 10.4. The maximum absolute atomic E-state index is 5.86. The van der Waals surface area contributed by atoms with Crippen LogP contribution in [-0.2, 0) is 4.84 Å². The smallest absolute Gasteiger partial charge is 0.396 e. The quantitative estimate of drug-likeness (QED) is 0.334. The molecule has 100 valence electrons. The van der Waals surface area contributed by atoms with Gasteiger partial charge in [-0.1, -0.05) is 0 Å². The maximum Gasteiger partial charge on any atom is 0.471 e. The van der Waals surface area contributed by atoms with E-state index in [1.807, 2.05) is 37.7 Å². The van der Waals surface area contributed by atoms with E-state index in [9.17, 15) is 0 Å². The number of amidine groups is 1. The molecule has 18 heavy (non-hydrogen) atoms. The number of anilines is 2. The zero-order valence-corrected chi connectivity index (χ0v) is 11.5. The number of pyridine rings is 1. The van der Waals surface area contributed by atoms with Gasteiger partial charge in [0.2, 0.25) is 5.82 Å². The fourth-order valence-electron chi connectivity index (χ4n) is 1.42. The Balaban J connectivity index is 2.99. The lowest BCUT2D eigenvalue weighted by Crippen LogP contribution is -2.44. The van der Waals surface area contributed by atoms with Gasteiger partial charge in [-0.15, -0.1) is 5.17 Å². The number of nitrogens with one attached hydrogen (secondary N) is 1. The molecule has 0 atom stereocenters. The molecule has 1 aromatic rings. The van der Waals surface area contributed by atoms with E-state index < -0.39 is 0 Å². The highest BCUT2D eigenvalue weighted by molar-refractivity contribution is 5.70. The molecule has 0 amide bonds. The highest BCUT2D eigenvalue weighted by Crippen LogP contribution is 2.17. The zero-order valence-electron chi connectivity index (χ0n) is 11.5. The summed E-state index contributed by atoms with van der Waals surface area (Å²) in [5, 5.41) is 1.42. The summed E-state index contributed by atoms with van der Waals surface area (Å²) in [5.41, 5.74) is 9.29. The largest absolute Gasteiger partial charge is 0.471 e. The minimum absolute atomic E-state index is 0.515. The molecular weight excluding hydrogens is 232 g/mol. The lowest BCUT2D eigenvalue weighted by Gasteiger charge is -2.23. The molecule has 0 aliphatic heterocycles.